The SMILES string of the molecule is CCCn1c(C)c(C(=O)c2ccccc2)c2ccc([N+](=O)[O-])cc2c1=O. The van der Waals surface area contributed by atoms with E-state index in [0.717, 1.165) is 0 Å². The second-order valence-electron chi connectivity index (χ2n) is 6.10. The Balaban J connectivity index is 2.39. The summed E-state index contributed by atoms with van der Waals surface area (Å²) in [7, 11) is 0. The first-order valence-electron chi connectivity index (χ1n) is 8.37. The minimum absolute atomic E-state index is 0.167. The van der Waals surface area contributed by atoms with Crippen LogP contribution in [0.3, 0.4) is 0 Å². The molecular formula is C20H18N2O4. The Morgan fingerprint density at radius 1 is 1.12 bits per heavy atom. The fraction of sp³-hybridized carbons (Fsp3) is 0.200. The molecule has 26 heavy (non-hydrogen) atoms. The quantitative estimate of drug-likeness (QED) is 0.397. The van der Waals surface area contributed by atoms with Gasteiger partial charge < -0.3 is 4.57 Å². The second kappa shape index (κ2) is 6.92. The summed E-state index contributed by atoms with van der Waals surface area (Å²) in [5.74, 6) is -0.202. The lowest BCUT2D eigenvalue weighted by molar-refractivity contribution is -0.384. The zero-order chi connectivity index (χ0) is 18.8. The fourth-order valence-electron chi connectivity index (χ4n) is 3.18. The van der Waals surface area contributed by atoms with E-state index >= 15 is 0 Å². The van der Waals surface area contributed by atoms with Gasteiger partial charge in [0.25, 0.3) is 11.2 Å². The Morgan fingerprint density at radius 3 is 2.42 bits per heavy atom. The Hall–Kier alpha value is -3.28. The molecular weight excluding hydrogens is 332 g/mol. The summed E-state index contributed by atoms with van der Waals surface area (Å²) in [4.78, 5) is 36.5. The first-order chi connectivity index (χ1) is 12.5. The van der Waals surface area contributed by atoms with E-state index in [1.807, 2.05) is 13.0 Å². The third-order valence-corrected chi connectivity index (χ3v) is 4.44. The molecule has 2 aromatic carbocycles. The summed E-state index contributed by atoms with van der Waals surface area (Å²) in [6, 6.07) is 12.9. The average Bonchev–Trinajstić information content (AvgIpc) is 2.65. The smallest absolute Gasteiger partial charge is 0.270 e. The van der Waals surface area contributed by atoms with Crippen LogP contribution in [0, 0.1) is 17.0 Å². The molecule has 0 amide bonds. The van der Waals surface area contributed by atoms with Crippen molar-refractivity contribution in [3.8, 4) is 0 Å². The Morgan fingerprint density at radius 2 is 1.81 bits per heavy atom. The van der Waals surface area contributed by atoms with E-state index in [1.165, 1.54) is 22.8 Å². The van der Waals surface area contributed by atoms with Gasteiger partial charge in [-0.2, -0.15) is 0 Å². The highest BCUT2D eigenvalue weighted by Gasteiger charge is 2.22. The summed E-state index contributed by atoms with van der Waals surface area (Å²) < 4.78 is 1.53. The number of rotatable bonds is 5. The molecule has 0 aliphatic heterocycles. The first-order valence-corrected chi connectivity index (χ1v) is 8.37. The maximum absolute atomic E-state index is 13.1. The third-order valence-electron chi connectivity index (χ3n) is 4.44. The monoisotopic (exact) mass is 350 g/mol. The van der Waals surface area contributed by atoms with Gasteiger partial charge in [-0.25, -0.2) is 0 Å². The number of hydrogen-bond donors (Lipinski definition) is 0. The van der Waals surface area contributed by atoms with E-state index in [2.05, 4.69) is 0 Å². The number of carbonyl (C=O) groups excluding carboxylic acids is 1. The number of hydrogen-bond acceptors (Lipinski definition) is 4. The molecule has 0 bridgehead atoms. The molecule has 0 saturated carbocycles. The minimum atomic E-state index is -0.540. The normalized spacial score (nSPS) is 10.8. The van der Waals surface area contributed by atoms with E-state index in [4.69, 9.17) is 0 Å². The molecule has 1 heterocycles. The van der Waals surface area contributed by atoms with Crippen molar-refractivity contribution in [3.05, 3.63) is 85.8 Å². The predicted molar refractivity (Wildman–Crippen MR) is 99.8 cm³/mol. The zero-order valence-electron chi connectivity index (χ0n) is 14.6. The van der Waals surface area contributed by atoms with Crippen LogP contribution in [-0.4, -0.2) is 15.3 Å². The molecule has 132 valence electrons. The highest BCUT2D eigenvalue weighted by molar-refractivity contribution is 6.17. The van der Waals surface area contributed by atoms with Crippen molar-refractivity contribution in [2.75, 3.05) is 0 Å². The van der Waals surface area contributed by atoms with Crippen LogP contribution < -0.4 is 5.56 Å². The standard InChI is InChI=1S/C20H18N2O4/c1-3-11-21-13(2)18(19(23)14-7-5-4-6-8-14)16-10-9-15(22(25)26)12-17(16)20(21)24/h4-10,12H,3,11H2,1-2H3. The van der Waals surface area contributed by atoms with Gasteiger partial charge >= 0.3 is 0 Å². The van der Waals surface area contributed by atoms with Crippen molar-refractivity contribution >= 4 is 22.2 Å². The van der Waals surface area contributed by atoms with Gasteiger partial charge in [0.1, 0.15) is 0 Å². The third kappa shape index (κ3) is 2.90. The first kappa shape index (κ1) is 17.5. The van der Waals surface area contributed by atoms with Crippen LogP contribution in [-0.2, 0) is 6.54 Å². The number of aromatic nitrogens is 1. The molecule has 0 radical (unpaired) electrons. The highest BCUT2D eigenvalue weighted by Crippen LogP contribution is 2.26. The molecule has 6 nitrogen and oxygen atoms in total. The number of nitrogens with zero attached hydrogens (tertiary/aromatic N) is 2. The van der Waals surface area contributed by atoms with E-state index in [1.54, 1.807) is 31.2 Å². The van der Waals surface area contributed by atoms with Gasteiger partial charge in [-0.15, -0.1) is 0 Å². The van der Waals surface area contributed by atoms with Gasteiger partial charge in [-0.1, -0.05) is 37.3 Å². The van der Waals surface area contributed by atoms with E-state index in [9.17, 15) is 19.7 Å². The lowest BCUT2D eigenvalue weighted by Gasteiger charge is -2.16. The average molecular weight is 350 g/mol. The maximum Gasteiger partial charge on any atom is 0.270 e. The van der Waals surface area contributed by atoms with Crippen molar-refractivity contribution in [1.29, 1.82) is 0 Å². The molecule has 0 unspecified atom stereocenters. The van der Waals surface area contributed by atoms with Crippen molar-refractivity contribution in [2.45, 2.75) is 26.8 Å². The van der Waals surface area contributed by atoms with Crippen molar-refractivity contribution in [3.63, 3.8) is 0 Å². The second-order valence-corrected chi connectivity index (χ2v) is 6.10. The summed E-state index contributed by atoms with van der Waals surface area (Å²) in [5.41, 5.74) is 1.02. The minimum Gasteiger partial charge on any atom is -0.312 e. The van der Waals surface area contributed by atoms with Gasteiger partial charge in [0.05, 0.1) is 10.3 Å². The molecule has 0 fully saturated rings. The Kier molecular flexibility index (Phi) is 4.67. The van der Waals surface area contributed by atoms with Gasteiger partial charge in [-0.3, -0.25) is 19.7 Å². The highest BCUT2D eigenvalue weighted by atomic mass is 16.6. The van der Waals surface area contributed by atoms with Gasteiger partial charge in [0, 0.05) is 40.9 Å². The molecule has 0 aliphatic rings. The Bertz CT molecular complexity index is 1070. The number of nitro groups is 1. The van der Waals surface area contributed by atoms with Crippen LogP contribution in [0.4, 0.5) is 5.69 Å². The van der Waals surface area contributed by atoms with Crippen molar-refractivity contribution in [2.24, 2.45) is 0 Å². The Labute approximate surface area is 149 Å². The molecule has 0 N–H and O–H groups in total. The number of fused-ring (bicyclic) bond motifs is 1. The summed E-state index contributed by atoms with van der Waals surface area (Å²) in [6.07, 6.45) is 0.708. The van der Waals surface area contributed by atoms with Crippen LogP contribution in [0.15, 0.2) is 53.3 Å². The number of pyridine rings is 1. The molecule has 0 saturated heterocycles. The fourth-order valence-corrected chi connectivity index (χ4v) is 3.18. The summed E-state index contributed by atoms with van der Waals surface area (Å²) >= 11 is 0. The molecule has 0 spiro atoms. The molecule has 0 aliphatic carbocycles. The number of ketones is 1. The van der Waals surface area contributed by atoms with Gasteiger partial charge in [0.15, 0.2) is 5.78 Å². The topological polar surface area (TPSA) is 82.2 Å². The maximum atomic E-state index is 13.1. The van der Waals surface area contributed by atoms with Crippen LogP contribution in [0.1, 0.15) is 35.0 Å². The van der Waals surface area contributed by atoms with Crippen LogP contribution in [0.2, 0.25) is 0 Å². The van der Waals surface area contributed by atoms with Crippen molar-refractivity contribution in [1.82, 2.24) is 4.57 Å². The van der Waals surface area contributed by atoms with Crippen molar-refractivity contribution < 1.29 is 9.72 Å². The van der Waals surface area contributed by atoms with Crippen LogP contribution in [0.25, 0.3) is 10.8 Å². The number of carbonyl (C=O) groups is 1. The van der Waals surface area contributed by atoms with Gasteiger partial charge in [-0.05, 0) is 19.4 Å². The van der Waals surface area contributed by atoms with Crippen LogP contribution >= 0.6 is 0 Å². The molecule has 0 atom stereocenters. The number of nitro benzene ring substituents is 1. The zero-order valence-corrected chi connectivity index (χ0v) is 14.6. The molecule has 3 rings (SSSR count). The number of benzene rings is 2. The number of non-ortho nitro benzene ring substituents is 1. The van der Waals surface area contributed by atoms with E-state index < -0.39 is 4.92 Å². The molecule has 6 heteroatoms. The predicted octanol–water partition coefficient (Wildman–Crippen LogP) is 3.86. The summed E-state index contributed by atoms with van der Waals surface area (Å²) in [5, 5.41) is 11.7. The largest absolute Gasteiger partial charge is 0.312 e. The molecule has 1 aromatic heterocycles. The van der Waals surface area contributed by atoms with Crippen LogP contribution in [0.5, 0.6) is 0 Å². The molecule has 3 aromatic rings. The summed E-state index contributed by atoms with van der Waals surface area (Å²) in [6.45, 7) is 4.12. The van der Waals surface area contributed by atoms with E-state index in [-0.39, 0.29) is 22.4 Å². The van der Waals surface area contributed by atoms with E-state index in [0.29, 0.717) is 35.2 Å². The lowest BCUT2D eigenvalue weighted by atomic mass is 9.96. The lowest BCUT2D eigenvalue weighted by Crippen LogP contribution is -2.26. The van der Waals surface area contributed by atoms with Gasteiger partial charge in [0.2, 0.25) is 0 Å².